The first-order valence-corrected chi connectivity index (χ1v) is 6.41. The summed E-state index contributed by atoms with van der Waals surface area (Å²) in [5.74, 6) is -0.207. The molecule has 0 aliphatic heterocycles. The Labute approximate surface area is 114 Å². The van der Waals surface area contributed by atoms with E-state index in [1.165, 1.54) is 4.90 Å². The highest BCUT2D eigenvalue weighted by Crippen LogP contribution is 2.10. The Morgan fingerprint density at radius 2 is 1.89 bits per heavy atom. The minimum Gasteiger partial charge on any atom is -0.334 e. The lowest BCUT2D eigenvalue weighted by molar-refractivity contribution is -0.132. The third-order valence-electron chi connectivity index (χ3n) is 3.13. The molecule has 0 heterocycles. The van der Waals surface area contributed by atoms with Gasteiger partial charge in [-0.3, -0.25) is 9.59 Å². The molecule has 1 aromatic rings. The normalized spacial score (nSPS) is 13.9. The number of likely N-dealkylation sites (N-methyl/N-ethyl adjacent to an activating group) is 1. The number of carbonyl (C=O) groups excluding carboxylic acids is 2. The number of hydrogen-bond donors (Lipinski definition) is 1. The van der Waals surface area contributed by atoms with Gasteiger partial charge >= 0.3 is 0 Å². The van der Waals surface area contributed by atoms with Crippen LogP contribution in [-0.4, -0.2) is 36.2 Å². The molecule has 0 bridgehead atoms. The summed E-state index contributed by atoms with van der Waals surface area (Å²) in [7, 11) is 1.60. The van der Waals surface area contributed by atoms with Gasteiger partial charge < -0.3 is 10.6 Å². The lowest BCUT2D eigenvalue weighted by Crippen LogP contribution is -2.49. The smallest absolute Gasteiger partial charge is 0.240 e. The van der Waals surface area contributed by atoms with Crippen LogP contribution in [0.2, 0.25) is 0 Å². The van der Waals surface area contributed by atoms with Crippen molar-refractivity contribution in [2.75, 3.05) is 7.05 Å². The van der Waals surface area contributed by atoms with Gasteiger partial charge in [-0.05, 0) is 17.9 Å². The SMILES string of the molecule is CC(C)[C@@H]([C]=O)N(C)C(=O)[C@H](N)Cc1ccccc1. The van der Waals surface area contributed by atoms with Crippen LogP contribution in [0.3, 0.4) is 0 Å². The van der Waals surface area contributed by atoms with E-state index in [0.717, 1.165) is 5.56 Å². The Hall–Kier alpha value is -1.68. The van der Waals surface area contributed by atoms with Gasteiger partial charge in [-0.1, -0.05) is 44.2 Å². The third kappa shape index (κ3) is 4.17. The molecule has 0 fully saturated rings. The van der Waals surface area contributed by atoms with Gasteiger partial charge in [-0.25, -0.2) is 0 Å². The molecule has 103 valence electrons. The van der Waals surface area contributed by atoms with Gasteiger partial charge in [0.15, 0.2) is 0 Å². The fraction of sp³-hybridized carbons (Fsp3) is 0.467. The standard InChI is InChI=1S/C15H21N2O2/c1-11(2)14(10-18)17(3)15(19)13(16)9-12-7-5-4-6-8-12/h4-8,11,13-14H,9,16H2,1-3H3/t13-,14-/m1/s1. The van der Waals surface area contributed by atoms with Crippen molar-refractivity contribution in [2.45, 2.75) is 32.4 Å². The summed E-state index contributed by atoms with van der Waals surface area (Å²) in [4.78, 5) is 24.5. The minimum atomic E-state index is -0.637. The Morgan fingerprint density at radius 3 is 2.37 bits per heavy atom. The molecule has 0 saturated carbocycles. The van der Waals surface area contributed by atoms with Crippen molar-refractivity contribution in [1.82, 2.24) is 4.90 Å². The number of amides is 1. The monoisotopic (exact) mass is 261 g/mol. The molecule has 4 heteroatoms. The van der Waals surface area contributed by atoms with E-state index in [9.17, 15) is 9.59 Å². The minimum absolute atomic E-state index is 0.0235. The van der Waals surface area contributed by atoms with Gasteiger partial charge in [0.1, 0.15) is 6.04 Å². The first-order valence-electron chi connectivity index (χ1n) is 6.41. The molecular weight excluding hydrogens is 240 g/mol. The van der Waals surface area contributed by atoms with Crippen LogP contribution in [0, 0.1) is 5.92 Å². The molecular formula is C15H21N2O2. The molecule has 2 N–H and O–H groups in total. The molecule has 1 radical (unpaired) electrons. The third-order valence-corrected chi connectivity index (χ3v) is 3.13. The van der Waals surface area contributed by atoms with Crippen molar-refractivity contribution in [1.29, 1.82) is 0 Å². The average Bonchev–Trinajstić information content (AvgIpc) is 2.39. The summed E-state index contributed by atoms with van der Waals surface area (Å²) in [6.07, 6.45) is 2.37. The number of carbonyl (C=O) groups is 1. The van der Waals surface area contributed by atoms with Crippen LogP contribution in [0.5, 0.6) is 0 Å². The van der Waals surface area contributed by atoms with Crippen molar-refractivity contribution in [3.8, 4) is 0 Å². The Kier molecular flexibility index (Phi) is 5.70. The summed E-state index contributed by atoms with van der Waals surface area (Å²) < 4.78 is 0. The molecule has 2 atom stereocenters. The van der Waals surface area contributed by atoms with Gasteiger partial charge in [0.2, 0.25) is 12.2 Å². The Morgan fingerprint density at radius 1 is 1.32 bits per heavy atom. The van der Waals surface area contributed by atoms with E-state index in [1.54, 1.807) is 7.05 Å². The summed E-state index contributed by atoms with van der Waals surface area (Å²) in [6, 6.07) is 8.41. The summed E-state index contributed by atoms with van der Waals surface area (Å²) in [5.41, 5.74) is 6.93. The zero-order valence-electron chi connectivity index (χ0n) is 11.7. The Bertz CT molecular complexity index is 417. The van der Waals surface area contributed by atoms with E-state index in [1.807, 2.05) is 50.5 Å². The maximum absolute atomic E-state index is 12.2. The number of rotatable bonds is 6. The van der Waals surface area contributed by atoms with E-state index in [4.69, 9.17) is 5.73 Å². The van der Waals surface area contributed by atoms with Crippen LogP contribution in [0.4, 0.5) is 0 Å². The van der Waals surface area contributed by atoms with Crippen molar-refractivity contribution in [3.63, 3.8) is 0 Å². The second-order valence-electron chi connectivity index (χ2n) is 5.05. The summed E-state index contributed by atoms with van der Waals surface area (Å²) in [5, 5.41) is 0. The van der Waals surface area contributed by atoms with Gasteiger partial charge in [-0.2, -0.15) is 0 Å². The molecule has 1 amide bonds. The van der Waals surface area contributed by atoms with Crippen LogP contribution in [0.15, 0.2) is 30.3 Å². The van der Waals surface area contributed by atoms with E-state index >= 15 is 0 Å². The van der Waals surface area contributed by atoms with Crippen molar-refractivity contribution < 1.29 is 9.59 Å². The predicted octanol–water partition coefficient (Wildman–Crippen LogP) is 1.15. The lowest BCUT2D eigenvalue weighted by Gasteiger charge is -2.28. The quantitative estimate of drug-likeness (QED) is 0.835. The van der Waals surface area contributed by atoms with Gasteiger partial charge in [-0.15, -0.1) is 0 Å². The maximum atomic E-state index is 12.2. The van der Waals surface area contributed by atoms with Gasteiger partial charge in [0.25, 0.3) is 0 Å². The summed E-state index contributed by atoms with van der Waals surface area (Å²) in [6.45, 7) is 3.75. The molecule has 0 aliphatic rings. The fourth-order valence-corrected chi connectivity index (χ4v) is 2.02. The number of hydrogen-bond acceptors (Lipinski definition) is 3. The van der Waals surface area contributed by atoms with E-state index in [0.29, 0.717) is 6.42 Å². The number of nitrogens with zero attached hydrogens (tertiary/aromatic N) is 1. The number of benzene rings is 1. The summed E-state index contributed by atoms with van der Waals surface area (Å²) >= 11 is 0. The highest BCUT2D eigenvalue weighted by Gasteiger charge is 2.27. The van der Waals surface area contributed by atoms with Crippen LogP contribution >= 0.6 is 0 Å². The molecule has 19 heavy (non-hydrogen) atoms. The van der Waals surface area contributed by atoms with Gasteiger partial charge in [0, 0.05) is 7.05 Å². The maximum Gasteiger partial charge on any atom is 0.240 e. The fourth-order valence-electron chi connectivity index (χ4n) is 2.02. The highest BCUT2D eigenvalue weighted by molar-refractivity contribution is 5.84. The molecule has 0 spiro atoms. The predicted molar refractivity (Wildman–Crippen MR) is 75.2 cm³/mol. The van der Waals surface area contributed by atoms with E-state index in [2.05, 4.69) is 0 Å². The Balaban J connectivity index is 2.68. The lowest BCUT2D eigenvalue weighted by atomic mass is 10.0. The van der Waals surface area contributed by atoms with E-state index in [-0.39, 0.29) is 11.8 Å². The zero-order valence-corrected chi connectivity index (χ0v) is 11.7. The second-order valence-corrected chi connectivity index (χ2v) is 5.05. The molecule has 0 aliphatic carbocycles. The first kappa shape index (κ1) is 15.4. The van der Waals surface area contributed by atoms with E-state index < -0.39 is 12.1 Å². The molecule has 0 unspecified atom stereocenters. The molecule has 0 saturated heterocycles. The number of nitrogens with two attached hydrogens (primary N) is 1. The van der Waals surface area contributed by atoms with Crippen molar-refractivity contribution in [2.24, 2.45) is 11.7 Å². The van der Waals surface area contributed by atoms with Crippen LogP contribution in [0.1, 0.15) is 19.4 Å². The van der Waals surface area contributed by atoms with Crippen LogP contribution in [-0.2, 0) is 16.0 Å². The topological polar surface area (TPSA) is 63.4 Å². The largest absolute Gasteiger partial charge is 0.334 e. The second kappa shape index (κ2) is 7.04. The zero-order chi connectivity index (χ0) is 14.4. The molecule has 1 aromatic carbocycles. The van der Waals surface area contributed by atoms with Crippen molar-refractivity contribution in [3.05, 3.63) is 35.9 Å². The average molecular weight is 261 g/mol. The van der Waals surface area contributed by atoms with Crippen molar-refractivity contribution >= 4 is 12.2 Å². The van der Waals surface area contributed by atoms with Crippen LogP contribution in [0.25, 0.3) is 0 Å². The highest BCUT2D eigenvalue weighted by atomic mass is 16.2. The molecule has 4 nitrogen and oxygen atoms in total. The molecule has 0 aromatic heterocycles. The van der Waals surface area contributed by atoms with Gasteiger partial charge in [0.05, 0.1) is 6.04 Å². The van der Waals surface area contributed by atoms with Crippen LogP contribution < -0.4 is 5.73 Å². The first-order chi connectivity index (χ1) is 8.97. The molecule has 1 rings (SSSR count).